The first-order valence-corrected chi connectivity index (χ1v) is 11.4. The summed E-state index contributed by atoms with van der Waals surface area (Å²) in [7, 11) is 1.63. The molecule has 2 aliphatic rings. The van der Waals surface area contributed by atoms with Gasteiger partial charge in [-0.05, 0) is 74.5 Å². The zero-order valence-corrected chi connectivity index (χ0v) is 18.1. The Labute approximate surface area is 180 Å². The highest BCUT2D eigenvalue weighted by Crippen LogP contribution is 2.29. The Morgan fingerprint density at radius 2 is 1.90 bits per heavy atom. The van der Waals surface area contributed by atoms with Crippen molar-refractivity contribution in [1.82, 2.24) is 14.8 Å². The van der Waals surface area contributed by atoms with E-state index < -0.39 is 0 Å². The minimum absolute atomic E-state index is 0.164. The van der Waals surface area contributed by atoms with Gasteiger partial charge in [0, 0.05) is 43.6 Å². The fourth-order valence-electron chi connectivity index (χ4n) is 5.11. The molecule has 30 heavy (non-hydrogen) atoms. The van der Waals surface area contributed by atoms with Crippen LogP contribution in [-0.2, 0) is 13.1 Å². The minimum atomic E-state index is -0.164. The van der Waals surface area contributed by atoms with Gasteiger partial charge in [-0.25, -0.2) is 4.39 Å². The van der Waals surface area contributed by atoms with Gasteiger partial charge in [0.15, 0.2) is 0 Å². The standard InChI is InChI=1S/C25H34FN3O/c1-30-24-8-9-25(26)22(15-24)19-28(18-21-5-4-12-27-16-21)17-20-10-13-29(14-11-20)23-6-2-3-7-23/h4-5,8-9,12,15-16,20,23H,2-3,6-7,10-11,13-14,17-19H2,1H3. The lowest BCUT2D eigenvalue weighted by Crippen LogP contribution is -2.42. The van der Waals surface area contributed by atoms with Crippen molar-refractivity contribution < 1.29 is 9.13 Å². The largest absolute Gasteiger partial charge is 0.497 e. The molecule has 4 rings (SSSR count). The summed E-state index contributed by atoms with van der Waals surface area (Å²) in [5, 5.41) is 0. The van der Waals surface area contributed by atoms with Crippen molar-refractivity contribution in [3.05, 3.63) is 59.7 Å². The van der Waals surface area contributed by atoms with E-state index >= 15 is 0 Å². The first-order valence-electron chi connectivity index (χ1n) is 11.4. The Morgan fingerprint density at radius 3 is 2.60 bits per heavy atom. The van der Waals surface area contributed by atoms with Crippen LogP contribution in [0.2, 0.25) is 0 Å². The molecule has 0 atom stereocenters. The first-order chi connectivity index (χ1) is 14.7. The normalized spacial score (nSPS) is 18.9. The average Bonchev–Trinajstić information content (AvgIpc) is 3.31. The number of methoxy groups -OCH3 is 1. The van der Waals surface area contributed by atoms with Crippen LogP contribution in [0, 0.1) is 11.7 Å². The third kappa shape index (κ3) is 5.58. The minimum Gasteiger partial charge on any atom is -0.497 e. The summed E-state index contributed by atoms with van der Waals surface area (Å²) in [6.07, 6.45) is 11.7. The lowest BCUT2D eigenvalue weighted by molar-refractivity contribution is 0.106. The topological polar surface area (TPSA) is 28.6 Å². The van der Waals surface area contributed by atoms with Crippen LogP contribution in [-0.4, -0.2) is 47.6 Å². The summed E-state index contributed by atoms with van der Waals surface area (Å²) in [4.78, 5) is 9.36. The Morgan fingerprint density at radius 1 is 1.10 bits per heavy atom. The Balaban J connectivity index is 1.41. The number of rotatable bonds is 8. The second-order valence-electron chi connectivity index (χ2n) is 8.91. The highest BCUT2D eigenvalue weighted by Gasteiger charge is 2.28. The summed E-state index contributed by atoms with van der Waals surface area (Å²) in [6.45, 7) is 4.78. The maximum Gasteiger partial charge on any atom is 0.127 e. The van der Waals surface area contributed by atoms with Crippen molar-refractivity contribution in [3.63, 3.8) is 0 Å². The van der Waals surface area contributed by atoms with Gasteiger partial charge in [0.05, 0.1) is 7.11 Å². The number of nitrogens with zero attached hydrogens (tertiary/aromatic N) is 3. The molecule has 1 aromatic carbocycles. The van der Waals surface area contributed by atoms with E-state index in [-0.39, 0.29) is 5.82 Å². The molecule has 0 unspecified atom stereocenters. The number of hydrogen-bond donors (Lipinski definition) is 0. The van der Waals surface area contributed by atoms with Gasteiger partial charge in [0.25, 0.3) is 0 Å². The van der Waals surface area contributed by atoms with Gasteiger partial charge >= 0.3 is 0 Å². The predicted molar refractivity (Wildman–Crippen MR) is 118 cm³/mol. The smallest absolute Gasteiger partial charge is 0.127 e. The molecule has 1 aromatic heterocycles. The fraction of sp³-hybridized carbons (Fsp3) is 0.560. The van der Waals surface area contributed by atoms with Crippen LogP contribution in [0.5, 0.6) is 5.75 Å². The monoisotopic (exact) mass is 411 g/mol. The van der Waals surface area contributed by atoms with Crippen LogP contribution in [0.25, 0.3) is 0 Å². The summed E-state index contributed by atoms with van der Waals surface area (Å²) in [5.74, 6) is 1.20. The summed E-state index contributed by atoms with van der Waals surface area (Å²) in [5.41, 5.74) is 1.87. The molecule has 2 heterocycles. The summed E-state index contributed by atoms with van der Waals surface area (Å²) in [6, 6.07) is 9.92. The zero-order valence-electron chi connectivity index (χ0n) is 18.1. The number of aromatic nitrogens is 1. The van der Waals surface area contributed by atoms with E-state index in [1.807, 2.05) is 18.3 Å². The average molecular weight is 412 g/mol. The van der Waals surface area contributed by atoms with Crippen molar-refractivity contribution in [2.45, 2.75) is 57.7 Å². The van der Waals surface area contributed by atoms with Crippen LogP contribution >= 0.6 is 0 Å². The second kappa shape index (κ2) is 10.4. The van der Waals surface area contributed by atoms with E-state index in [0.717, 1.165) is 19.1 Å². The van der Waals surface area contributed by atoms with Crippen LogP contribution in [0.3, 0.4) is 0 Å². The predicted octanol–water partition coefficient (Wildman–Crippen LogP) is 4.89. The number of hydrogen-bond acceptors (Lipinski definition) is 4. The Hall–Kier alpha value is -1.98. The van der Waals surface area contributed by atoms with Crippen LogP contribution < -0.4 is 4.74 Å². The van der Waals surface area contributed by atoms with Gasteiger partial charge in [-0.2, -0.15) is 0 Å². The fourth-order valence-corrected chi connectivity index (χ4v) is 5.11. The van der Waals surface area contributed by atoms with E-state index in [9.17, 15) is 4.39 Å². The van der Waals surface area contributed by atoms with Crippen LogP contribution in [0.15, 0.2) is 42.7 Å². The van der Waals surface area contributed by atoms with Gasteiger partial charge in [0.2, 0.25) is 0 Å². The molecule has 2 aromatic rings. The molecule has 1 aliphatic carbocycles. The van der Waals surface area contributed by atoms with Crippen molar-refractivity contribution in [2.24, 2.45) is 5.92 Å². The van der Waals surface area contributed by atoms with E-state index in [1.165, 1.54) is 63.2 Å². The van der Waals surface area contributed by atoms with Crippen molar-refractivity contribution in [2.75, 3.05) is 26.7 Å². The number of ether oxygens (including phenoxy) is 1. The molecule has 1 saturated heterocycles. The lowest BCUT2D eigenvalue weighted by atomic mass is 9.94. The molecule has 5 heteroatoms. The van der Waals surface area contributed by atoms with Gasteiger partial charge in [0.1, 0.15) is 11.6 Å². The number of piperidine rings is 1. The number of benzene rings is 1. The molecule has 4 nitrogen and oxygen atoms in total. The van der Waals surface area contributed by atoms with E-state index in [1.54, 1.807) is 19.4 Å². The van der Waals surface area contributed by atoms with Gasteiger partial charge < -0.3 is 9.64 Å². The molecule has 2 fully saturated rings. The highest BCUT2D eigenvalue weighted by atomic mass is 19.1. The molecule has 0 bridgehead atoms. The molecular weight excluding hydrogens is 377 g/mol. The molecule has 1 aliphatic heterocycles. The van der Waals surface area contributed by atoms with E-state index in [0.29, 0.717) is 23.8 Å². The lowest BCUT2D eigenvalue weighted by Gasteiger charge is -2.38. The molecule has 0 amide bonds. The molecule has 0 radical (unpaired) electrons. The van der Waals surface area contributed by atoms with Crippen LogP contribution in [0.4, 0.5) is 4.39 Å². The summed E-state index contributed by atoms with van der Waals surface area (Å²) >= 11 is 0. The molecule has 0 N–H and O–H groups in total. The van der Waals surface area contributed by atoms with Crippen molar-refractivity contribution >= 4 is 0 Å². The number of likely N-dealkylation sites (tertiary alicyclic amines) is 1. The third-order valence-electron chi connectivity index (χ3n) is 6.78. The highest BCUT2D eigenvalue weighted by molar-refractivity contribution is 5.30. The third-order valence-corrected chi connectivity index (χ3v) is 6.78. The second-order valence-corrected chi connectivity index (χ2v) is 8.91. The van der Waals surface area contributed by atoms with E-state index in [2.05, 4.69) is 20.9 Å². The zero-order chi connectivity index (χ0) is 20.8. The number of pyridine rings is 1. The first kappa shape index (κ1) is 21.3. The maximum atomic E-state index is 14.5. The molecular formula is C25H34FN3O. The van der Waals surface area contributed by atoms with Gasteiger partial charge in [-0.1, -0.05) is 18.9 Å². The SMILES string of the molecule is COc1ccc(F)c(CN(Cc2cccnc2)CC2CCN(C3CCCC3)CC2)c1. The molecule has 0 spiro atoms. The Bertz CT molecular complexity index is 786. The summed E-state index contributed by atoms with van der Waals surface area (Å²) < 4.78 is 19.8. The van der Waals surface area contributed by atoms with Gasteiger partial charge in [-0.3, -0.25) is 9.88 Å². The van der Waals surface area contributed by atoms with Crippen LogP contribution in [0.1, 0.15) is 49.7 Å². The number of halogens is 1. The van der Waals surface area contributed by atoms with E-state index in [4.69, 9.17) is 4.74 Å². The van der Waals surface area contributed by atoms with Gasteiger partial charge in [-0.15, -0.1) is 0 Å². The van der Waals surface area contributed by atoms with Crippen molar-refractivity contribution in [3.8, 4) is 5.75 Å². The quantitative estimate of drug-likeness (QED) is 0.619. The molecule has 162 valence electrons. The Kier molecular flexibility index (Phi) is 7.34. The van der Waals surface area contributed by atoms with Crippen molar-refractivity contribution in [1.29, 1.82) is 0 Å². The molecule has 1 saturated carbocycles. The maximum absolute atomic E-state index is 14.5.